The van der Waals surface area contributed by atoms with E-state index in [9.17, 15) is 0 Å². The predicted octanol–water partition coefficient (Wildman–Crippen LogP) is 6.72. The van der Waals surface area contributed by atoms with Crippen LogP contribution in [-0.4, -0.2) is 52.7 Å². The first-order chi connectivity index (χ1) is 21.2. The zero-order chi connectivity index (χ0) is 31.1. The average molecular weight is 619 g/mol. The Balaban J connectivity index is 1.66. The van der Waals surface area contributed by atoms with Gasteiger partial charge in [0.15, 0.2) is 17.8 Å². The molecule has 0 amide bonds. The summed E-state index contributed by atoms with van der Waals surface area (Å²) in [6, 6.07) is 9.95. The SMILES string of the molecule is CCc1c(F)ccc2cc(OCOC)cc(-c3nc4c5c(nc(SC)nc5c3F)N(C(C)c3cccnc3N)C[C@H](C)O4)c12. The van der Waals surface area contributed by atoms with E-state index >= 15 is 8.78 Å². The van der Waals surface area contributed by atoms with Crippen LogP contribution in [0.15, 0.2) is 47.8 Å². The molecular weight excluding hydrogens is 586 g/mol. The van der Waals surface area contributed by atoms with E-state index in [1.54, 1.807) is 24.4 Å². The second-order valence-electron chi connectivity index (χ2n) is 10.6. The molecule has 1 aliphatic rings. The summed E-state index contributed by atoms with van der Waals surface area (Å²) < 4.78 is 49.3. The standard InChI is InChI=1S/C32H32F2N6O3S/c1-6-20-23(33)10-9-18-12-19(42-15-41-4)13-22(24(18)20)27-26(34)28-25-30(39-32(38-28)44-5)40(14-16(2)43-31(25)37-27)17(3)21-8-7-11-36-29(21)35/h7-13,16-17H,6,14-15H2,1-5H3,(H2,35,36)/t16-,17?/m0/s1. The molecule has 6 rings (SSSR count). The lowest BCUT2D eigenvalue weighted by Gasteiger charge is -2.31. The highest BCUT2D eigenvalue weighted by Crippen LogP contribution is 2.45. The van der Waals surface area contributed by atoms with Crippen molar-refractivity contribution in [2.24, 2.45) is 0 Å². The average Bonchev–Trinajstić information content (AvgIpc) is 3.17. The van der Waals surface area contributed by atoms with E-state index in [1.807, 2.05) is 44.1 Å². The third kappa shape index (κ3) is 5.11. The number of fused-ring (bicyclic) bond motifs is 1. The van der Waals surface area contributed by atoms with Crippen molar-refractivity contribution in [3.8, 4) is 22.9 Å². The van der Waals surface area contributed by atoms with Crippen molar-refractivity contribution in [2.75, 3.05) is 37.3 Å². The van der Waals surface area contributed by atoms with Crippen molar-refractivity contribution in [3.05, 3.63) is 65.4 Å². The Morgan fingerprint density at radius 1 is 1.16 bits per heavy atom. The maximum atomic E-state index is 17.0. The Hall–Kier alpha value is -4.29. The number of aromatic nitrogens is 4. The van der Waals surface area contributed by atoms with Gasteiger partial charge in [0.25, 0.3) is 0 Å². The number of nitrogen functional groups attached to an aromatic ring is 1. The number of aryl methyl sites for hydroxylation is 1. The number of hydrogen-bond acceptors (Lipinski definition) is 10. The molecular formula is C32H32F2N6O3S. The molecule has 2 atom stereocenters. The summed E-state index contributed by atoms with van der Waals surface area (Å²) in [6.45, 7) is 6.16. The Labute approximate surface area is 257 Å². The summed E-state index contributed by atoms with van der Waals surface area (Å²) >= 11 is 1.30. The molecule has 0 aliphatic carbocycles. The van der Waals surface area contributed by atoms with Crippen LogP contribution in [-0.2, 0) is 11.2 Å². The number of hydrogen-bond donors (Lipinski definition) is 1. The molecule has 5 aromatic rings. The number of nitrogens with zero attached hydrogens (tertiary/aromatic N) is 5. The van der Waals surface area contributed by atoms with Crippen molar-refractivity contribution in [1.29, 1.82) is 0 Å². The van der Waals surface area contributed by atoms with Gasteiger partial charge in [-0.25, -0.2) is 28.7 Å². The summed E-state index contributed by atoms with van der Waals surface area (Å²) in [7, 11) is 1.51. The largest absolute Gasteiger partial charge is 0.472 e. The molecule has 12 heteroatoms. The Bertz CT molecular complexity index is 1890. The first-order valence-electron chi connectivity index (χ1n) is 14.2. The molecule has 0 spiro atoms. The van der Waals surface area contributed by atoms with E-state index in [2.05, 4.69) is 9.97 Å². The van der Waals surface area contributed by atoms with Crippen LogP contribution in [0.25, 0.3) is 32.9 Å². The fourth-order valence-corrected chi connectivity index (χ4v) is 6.14. The summed E-state index contributed by atoms with van der Waals surface area (Å²) in [6.07, 6.45) is 3.49. The molecule has 1 unspecified atom stereocenters. The number of rotatable bonds is 8. The maximum Gasteiger partial charge on any atom is 0.227 e. The van der Waals surface area contributed by atoms with Crippen molar-refractivity contribution in [3.63, 3.8) is 0 Å². The van der Waals surface area contributed by atoms with Gasteiger partial charge in [-0.2, -0.15) is 0 Å². The quantitative estimate of drug-likeness (QED) is 0.114. The Kier molecular flexibility index (Phi) is 8.12. The fourth-order valence-electron chi connectivity index (χ4n) is 5.78. The molecule has 4 heterocycles. The molecule has 1 aliphatic heterocycles. The molecule has 2 aromatic carbocycles. The zero-order valence-corrected chi connectivity index (χ0v) is 25.8. The van der Waals surface area contributed by atoms with Gasteiger partial charge in [-0.1, -0.05) is 30.8 Å². The van der Waals surface area contributed by atoms with Gasteiger partial charge >= 0.3 is 0 Å². The molecule has 0 bridgehead atoms. The van der Waals surface area contributed by atoms with Crippen molar-refractivity contribution >= 4 is 45.1 Å². The highest BCUT2D eigenvalue weighted by Gasteiger charge is 2.33. The number of benzene rings is 2. The third-order valence-corrected chi connectivity index (χ3v) is 8.36. The van der Waals surface area contributed by atoms with E-state index in [0.717, 1.165) is 5.56 Å². The van der Waals surface area contributed by atoms with E-state index in [-0.39, 0.29) is 41.8 Å². The number of pyridine rings is 2. The van der Waals surface area contributed by atoms with Gasteiger partial charge in [0, 0.05) is 24.4 Å². The molecule has 44 heavy (non-hydrogen) atoms. The second kappa shape index (κ2) is 12.0. The summed E-state index contributed by atoms with van der Waals surface area (Å²) in [5.74, 6) is 0.428. The first-order valence-corrected chi connectivity index (χ1v) is 15.4. The van der Waals surface area contributed by atoms with Gasteiger partial charge in [-0.15, -0.1) is 0 Å². The molecule has 0 radical (unpaired) electrons. The molecule has 228 valence electrons. The lowest BCUT2D eigenvalue weighted by molar-refractivity contribution is 0.0512. The molecule has 2 N–H and O–H groups in total. The van der Waals surface area contributed by atoms with Crippen LogP contribution in [0, 0.1) is 11.6 Å². The molecule has 0 saturated heterocycles. The molecule has 9 nitrogen and oxygen atoms in total. The normalized spacial score (nSPS) is 15.3. The minimum absolute atomic E-state index is 0.0184. The second-order valence-corrected chi connectivity index (χ2v) is 11.3. The number of thioether (sulfide) groups is 1. The van der Waals surface area contributed by atoms with Crippen LogP contribution >= 0.6 is 11.8 Å². The monoisotopic (exact) mass is 618 g/mol. The van der Waals surface area contributed by atoms with Gasteiger partial charge in [-0.05, 0) is 67.1 Å². The van der Waals surface area contributed by atoms with Gasteiger partial charge in [0.2, 0.25) is 5.88 Å². The van der Waals surface area contributed by atoms with E-state index in [1.165, 1.54) is 24.9 Å². The molecule has 3 aromatic heterocycles. The smallest absolute Gasteiger partial charge is 0.227 e. The first kappa shape index (κ1) is 29.8. The number of anilines is 2. The number of halogens is 2. The van der Waals surface area contributed by atoms with Crippen LogP contribution < -0.4 is 20.1 Å². The summed E-state index contributed by atoms with van der Waals surface area (Å²) in [5, 5.41) is 1.94. The van der Waals surface area contributed by atoms with E-state index in [4.69, 9.17) is 29.9 Å². The van der Waals surface area contributed by atoms with Crippen LogP contribution in [0.3, 0.4) is 0 Å². The van der Waals surface area contributed by atoms with Gasteiger partial charge < -0.3 is 24.8 Å². The minimum atomic E-state index is -0.675. The summed E-state index contributed by atoms with van der Waals surface area (Å²) in [4.78, 5) is 20.5. The summed E-state index contributed by atoms with van der Waals surface area (Å²) in [5.41, 5.74) is 7.89. The topological polar surface area (TPSA) is 109 Å². The van der Waals surface area contributed by atoms with E-state index in [0.29, 0.717) is 62.8 Å². The van der Waals surface area contributed by atoms with Crippen molar-refractivity contribution in [2.45, 2.75) is 44.5 Å². The van der Waals surface area contributed by atoms with Crippen LogP contribution in [0.1, 0.15) is 37.9 Å². The minimum Gasteiger partial charge on any atom is -0.472 e. The number of methoxy groups -OCH3 is 1. The Morgan fingerprint density at radius 3 is 2.70 bits per heavy atom. The Morgan fingerprint density at radius 2 is 1.98 bits per heavy atom. The van der Waals surface area contributed by atoms with Crippen molar-refractivity contribution in [1.82, 2.24) is 19.9 Å². The maximum absolute atomic E-state index is 17.0. The lowest BCUT2D eigenvalue weighted by Crippen LogP contribution is -2.35. The van der Waals surface area contributed by atoms with Crippen LogP contribution in [0.5, 0.6) is 11.6 Å². The fraction of sp³-hybridized carbons (Fsp3) is 0.312. The van der Waals surface area contributed by atoms with Crippen LogP contribution in [0.2, 0.25) is 0 Å². The molecule has 0 fully saturated rings. The number of nitrogens with two attached hydrogens (primary N) is 1. The van der Waals surface area contributed by atoms with Gasteiger partial charge in [-0.3, -0.25) is 0 Å². The van der Waals surface area contributed by atoms with Gasteiger partial charge in [0.05, 0.1) is 12.6 Å². The molecule has 0 saturated carbocycles. The zero-order valence-electron chi connectivity index (χ0n) is 25.0. The predicted molar refractivity (Wildman–Crippen MR) is 168 cm³/mol. The highest BCUT2D eigenvalue weighted by atomic mass is 32.2. The lowest BCUT2D eigenvalue weighted by atomic mass is 9.94. The third-order valence-electron chi connectivity index (χ3n) is 7.82. The van der Waals surface area contributed by atoms with E-state index < -0.39 is 5.82 Å². The number of ether oxygens (including phenoxy) is 3. The van der Waals surface area contributed by atoms with Crippen LogP contribution in [0.4, 0.5) is 20.4 Å². The van der Waals surface area contributed by atoms with Crippen molar-refractivity contribution < 1.29 is 23.0 Å². The van der Waals surface area contributed by atoms with Gasteiger partial charge in [0.1, 0.15) is 45.9 Å². The highest BCUT2D eigenvalue weighted by molar-refractivity contribution is 7.98.